The van der Waals surface area contributed by atoms with Crippen molar-refractivity contribution in [2.75, 3.05) is 4.90 Å². The minimum Gasteiger partial charge on any atom is -0.457 e. The number of benzene rings is 2. The normalized spacial score (nSPS) is 15.8. The van der Waals surface area contributed by atoms with Crippen LogP contribution in [0.25, 0.3) is 17.4 Å². The van der Waals surface area contributed by atoms with Crippen LogP contribution in [0.1, 0.15) is 5.76 Å². The molecule has 0 atom stereocenters. The molecule has 0 radical (unpaired) electrons. The molecule has 7 heteroatoms. The first kappa shape index (κ1) is 17.6. The maximum absolute atomic E-state index is 13.1. The maximum atomic E-state index is 13.1. The molecule has 0 N–H and O–H groups in total. The fourth-order valence-electron chi connectivity index (χ4n) is 2.61. The van der Waals surface area contributed by atoms with Gasteiger partial charge >= 0.3 is 0 Å². The highest BCUT2D eigenvalue weighted by Crippen LogP contribution is 2.36. The summed E-state index contributed by atoms with van der Waals surface area (Å²) in [5, 5.41) is 0. The van der Waals surface area contributed by atoms with Crippen LogP contribution >= 0.6 is 24.0 Å². The van der Waals surface area contributed by atoms with Gasteiger partial charge in [0.25, 0.3) is 5.91 Å². The number of carbonyl (C=O) groups is 1. The molecule has 3 aromatic rings. The van der Waals surface area contributed by atoms with E-state index >= 15 is 0 Å². The van der Waals surface area contributed by atoms with E-state index in [1.807, 2.05) is 0 Å². The number of amides is 1. The molecule has 0 bridgehead atoms. The third-order valence-electron chi connectivity index (χ3n) is 3.91. The number of thiocarbonyl (C=S) groups is 1. The fraction of sp³-hybridized carbons (Fsp3) is 0. The van der Waals surface area contributed by atoms with Crippen molar-refractivity contribution in [2.45, 2.75) is 0 Å². The number of anilines is 1. The summed E-state index contributed by atoms with van der Waals surface area (Å²) in [7, 11) is 0. The summed E-state index contributed by atoms with van der Waals surface area (Å²) in [5.74, 6) is 0.0409. The van der Waals surface area contributed by atoms with Gasteiger partial charge in [0.2, 0.25) is 0 Å². The van der Waals surface area contributed by atoms with Crippen LogP contribution in [0.5, 0.6) is 0 Å². The molecule has 2 heterocycles. The fourth-order valence-corrected chi connectivity index (χ4v) is 3.89. The number of halogens is 2. The number of thioether (sulfide) groups is 1. The van der Waals surface area contributed by atoms with E-state index in [9.17, 15) is 13.6 Å². The lowest BCUT2D eigenvalue weighted by molar-refractivity contribution is -0.113. The average Bonchev–Trinajstić information content (AvgIpc) is 3.22. The molecular weight excluding hydrogens is 388 g/mol. The Kier molecular flexibility index (Phi) is 4.63. The van der Waals surface area contributed by atoms with Gasteiger partial charge in [0.1, 0.15) is 23.2 Å². The van der Waals surface area contributed by atoms with E-state index in [1.54, 1.807) is 30.3 Å². The monoisotopic (exact) mass is 399 g/mol. The number of nitrogens with zero attached hydrogens (tertiary/aromatic N) is 1. The maximum Gasteiger partial charge on any atom is 0.270 e. The lowest BCUT2D eigenvalue weighted by Crippen LogP contribution is -2.27. The lowest BCUT2D eigenvalue weighted by Gasteiger charge is -2.14. The first-order chi connectivity index (χ1) is 13.0. The van der Waals surface area contributed by atoms with Gasteiger partial charge in [-0.25, -0.2) is 8.78 Å². The molecule has 4 rings (SSSR count). The van der Waals surface area contributed by atoms with Crippen LogP contribution in [0, 0.1) is 11.6 Å². The Morgan fingerprint density at radius 3 is 2.22 bits per heavy atom. The van der Waals surface area contributed by atoms with Crippen LogP contribution in [0.3, 0.4) is 0 Å². The molecule has 27 heavy (non-hydrogen) atoms. The van der Waals surface area contributed by atoms with Gasteiger partial charge in [0.05, 0.1) is 10.6 Å². The van der Waals surface area contributed by atoms with Crippen molar-refractivity contribution in [1.29, 1.82) is 0 Å². The van der Waals surface area contributed by atoms with Crippen LogP contribution in [0.2, 0.25) is 0 Å². The van der Waals surface area contributed by atoms with Gasteiger partial charge in [0, 0.05) is 11.6 Å². The van der Waals surface area contributed by atoms with Gasteiger partial charge in [-0.2, -0.15) is 0 Å². The molecule has 2 aromatic carbocycles. The third kappa shape index (κ3) is 3.56. The van der Waals surface area contributed by atoms with Crippen LogP contribution in [0.15, 0.2) is 70.0 Å². The Morgan fingerprint density at radius 2 is 1.56 bits per heavy atom. The van der Waals surface area contributed by atoms with Crippen LogP contribution in [-0.2, 0) is 4.79 Å². The summed E-state index contributed by atoms with van der Waals surface area (Å²) >= 11 is 6.44. The van der Waals surface area contributed by atoms with Crippen molar-refractivity contribution < 1.29 is 18.0 Å². The second-order valence-electron chi connectivity index (χ2n) is 5.70. The summed E-state index contributed by atoms with van der Waals surface area (Å²) in [5.41, 5.74) is 1.24. The first-order valence-corrected chi connectivity index (χ1v) is 9.13. The number of furan rings is 1. The first-order valence-electron chi connectivity index (χ1n) is 7.90. The van der Waals surface area contributed by atoms with E-state index in [1.165, 1.54) is 41.3 Å². The number of carbonyl (C=O) groups excluding carboxylic acids is 1. The zero-order valence-corrected chi connectivity index (χ0v) is 15.3. The smallest absolute Gasteiger partial charge is 0.270 e. The van der Waals surface area contributed by atoms with Crippen molar-refractivity contribution in [2.24, 2.45) is 0 Å². The van der Waals surface area contributed by atoms with Gasteiger partial charge in [-0.05, 0) is 60.7 Å². The molecule has 1 aromatic heterocycles. The van der Waals surface area contributed by atoms with Gasteiger partial charge in [-0.1, -0.05) is 24.0 Å². The number of hydrogen-bond donors (Lipinski definition) is 0. The lowest BCUT2D eigenvalue weighted by atomic mass is 10.2. The van der Waals surface area contributed by atoms with Crippen molar-refractivity contribution in [3.63, 3.8) is 0 Å². The van der Waals surface area contributed by atoms with E-state index in [4.69, 9.17) is 16.6 Å². The summed E-state index contributed by atoms with van der Waals surface area (Å²) in [6.45, 7) is 0. The third-order valence-corrected chi connectivity index (χ3v) is 5.21. The molecular formula is C20H11F2NO2S2. The molecule has 3 nitrogen and oxygen atoms in total. The van der Waals surface area contributed by atoms with Gasteiger partial charge in [-0.3, -0.25) is 9.69 Å². The minimum atomic E-state index is -0.386. The second-order valence-corrected chi connectivity index (χ2v) is 7.38. The number of rotatable bonds is 3. The zero-order chi connectivity index (χ0) is 19.0. The SMILES string of the molecule is O=C1/C(=C\c2ccc(-c3ccc(F)cc3)o2)SC(=S)N1c1ccc(F)cc1. The predicted octanol–water partition coefficient (Wildman–Crippen LogP) is 5.63. The Morgan fingerprint density at radius 1 is 0.926 bits per heavy atom. The summed E-state index contributed by atoms with van der Waals surface area (Å²) < 4.78 is 32.2. The Balaban J connectivity index is 1.59. The van der Waals surface area contributed by atoms with E-state index < -0.39 is 0 Å². The highest BCUT2D eigenvalue weighted by atomic mass is 32.2. The summed E-state index contributed by atoms with van der Waals surface area (Å²) in [6, 6.07) is 15.0. The quantitative estimate of drug-likeness (QED) is 0.422. The molecule has 0 saturated carbocycles. The highest BCUT2D eigenvalue weighted by Gasteiger charge is 2.33. The van der Waals surface area contributed by atoms with Crippen molar-refractivity contribution >= 4 is 46.0 Å². The van der Waals surface area contributed by atoms with E-state index in [-0.39, 0.29) is 17.5 Å². The van der Waals surface area contributed by atoms with E-state index in [2.05, 4.69) is 0 Å². The minimum absolute atomic E-state index is 0.295. The molecule has 0 spiro atoms. The van der Waals surface area contributed by atoms with Crippen molar-refractivity contribution in [3.05, 3.63) is 83.0 Å². The Labute approximate surface area is 163 Å². The molecule has 134 valence electrons. The van der Waals surface area contributed by atoms with Gasteiger partial charge < -0.3 is 4.42 Å². The van der Waals surface area contributed by atoms with Crippen LogP contribution in [0.4, 0.5) is 14.5 Å². The zero-order valence-electron chi connectivity index (χ0n) is 13.7. The Hall–Kier alpha value is -2.77. The summed E-state index contributed by atoms with van der Waals surface area (Å²) in [4.78, 5) is 14.5. The molecule has 1 amide bonds. The standard InChI is InChI=1S/C20H11F2NO2S2/c21-13-3-1-12(2-4-13)17-10-9-16(25-17)11-18-19(24)23(20(26)27-18)15-7-5-14(22)6-8-15/h1-11H/b18-11+. The van der Waals surface area contributed by atoms with Gasteiger partial charge in [-0.15, -0.1) is 0 Å². The largest absolute Gasteiger partial charge is 0.457 e. The Bertz CT molecular complexity index is 1060. The van der Waals surface area contributed by atoms with Crippen LogP contribution in [-0.4, -0.2) is 10.2 Å². The summed E-state index contributed by atoms with van der Waals surface area (Å²) in [6.07, 6.45) is 1.61. The molecule has 1 aliphatic rings. The molecule has 0 unspecified atom stereocenters. The predicted molar refractivity (Wildman–Crippen MR) is 106 cm³/mol. The molecule has 0 aliphatic carbocycles. The van der Waals surface area contributed by atoms with E-state index in [0.29, 0.717) is 26.4 Å². The van der Waals surface area contributed by atoms with Gasteiger partial charge in [0.15, 0.2) is 4.32 Å². The topological polar surface area (TPSA) is 33.5 Å². The van der Waals surface area contributed by atoms with Crippen molar-refractivity contribution in [3.8, 4) is 11.3 Å². The molecule has 1 aliphatic heterocycles. The molecule has 1 fully saturated rings. The average molecular weight is 399 g/mol. The highest BCUT2D eigenvalue weighted by molar-refractivity contribution is 8.27. The molecule has 1 saturated heterocycles. The second kappa shape index (κ2) is 7.09. The van der Waals surface area contributed by atoms with Crippen LogP contribution < -0.4 is 4.90 Å². The number of hydrogen-bond acceptors (Lipinski definition) is 4. The van der Waals surface area contributed by atoms with Crippen molar-refractivity contribution in [1.82, 2.24) is 0 Å². The van der Waals surface area contributed by atoms with E-state index in [0.717, 1.165) is 17.3 Å².